The van der Waals surface area contributed by atoms with Gasteiger partial charge in [0.25, 0.3) is 0 Å². The quantitative estimate of drug-likeness (QED) is 0.836. The Morgan fingerprint density at radius 2 is 2.04 bits per heavy atom. The average molecular weight is 329 g/mol. The Kier molecular flexibility index (Phi) is 4.22. The third-order valence-electron chi connectivity index (χ3n) is 5.55. The normalized spacial score (nSPS) is 29.8. The highest BCUT2D eigenvalue weighted by atomic mass is 16.5. The van der Waals surface area contributed by atoms with Crippen molar-refractivity contribution in [3.63, 3.8) is 0 Å². The van der Waals surface area contributed by atoms with E-state index in [1.807, 2.05) is 21.9 Å². The van der Waals surface area contributed by atoms with Gasteiger partial charge >= 0.3 is 0 Å². The molecule has 6 nitrogen and oxygen atoms in total. The fourth-order valence-electron chi connectivity index (χ4n) is 4.28. The fourth-order valence-corrected chi connectivity index (χ4v) is 4.28. The zero-order valence-electron chi connectivity index (χ0n) is 13.8. The van der Waals surface area contributed by atoms with Crippen molar-refractivity contribution in [2.45, 2.75) is 44.3 Å². The lowest BCUT2D eigenvalue weighted by atomic mass is 9.95. The van der Waals surface area contributed by atoms with E-state index in [-0.39, 0.29) is 29.8 Å². The molecule has 0 saturated carbocycles. The number of ether oxygens (including phenoxy) is 1. The third-order valence-corrected chi connectivity index (χ3v) is 5.55. The molecule has 0 aliphatic carbocycles. The van der Waals surface area contributed by atoms with Gasteiger partial charge in [-0.2, -0.15) is 0 Å². The lowest BCUT2D eigenvalue weighted by Crippen LogP contribution is -2.53. The van der Waals surface area contributed by atoms with Gasteiger partial charge in [-0.25, -0.2) is 0 Å². The fraction of sp³-hybridized carbons (Fsp3) is 0.611. The van der Waals surface area contributed by atoms with Gasteiger partial charge in [0.15, 0.2) is 0 Å². The minimum atomic E-state index is 0.00928. The summed E-state index contributed by atoms with van der Waals surface area (Å²) in [5, 5.41) is 0. The van der Waals surface area contributed by atoms with Crippen LogP contribution in [0.15, 0.2) is 24.5 Å². The molecule has 0 unspecified atom stereocenters. The maximum atomic E-state index is 12.8. The first-order chi connectivity index (χ1) is 11.7. The number of hydrogen-bond donors (Lipinski definition) is 0. The molecule has 0 N–H and O–H groups in total. The standard InChI is InChI=1S/C18H23N3O3/c22-17-2-1-15-16(21(17)11-13-3-7-19-8-4-13)5-9-20(15)18(23)14-6-10-24-12-14/h3-4,7-8,14-16H,1-2,5-6,9-12H2/t14-,15+,16+/m1/s1. The van der Waals surface area contributed by atoms with Gasteiger partial charge in [-0.15, -0.1) is 0 Å². The van der Waals surface area contributed by atoms with Crippen molar-refractivity contribution in [1.82, 2.24) is 14.8 Å². The van der Waals surface area contributed by atoms with Gasteiger partial charge in [-0.3, -0.25) is 14.6 Å². The molecule has 0 bridgehead atoms. The first-order valence-corrected chi connectivity index (χ1v) is 8.80. The minimum Gasteiger partial charge on any atom is -0.381 e. The van der Waals surface area contributed by atoms with E-state index in [1.54, 1.807) is 12.4 Å². The van der Waals surface area contributed by atoms with Crippen LogP contribution in [-0.2, 0) is 20.9 Å². The van der Waals surface area contributed by atoms with E-state index < -0.39 is 0 Å². The van der Waals surface area contributed by atoms with Crippen molar-refractivity contribution in [2.75, 3.05) is 19.8 Å². The SMILES string of the molecule is O=C1CC[C@H]2[C@H](CCN2C(=O)[C@@H]2CCOC2)N1Cc1ccncc1. The number of aromatic nitrogens is 1. The highest BCUT2D eigenvalue weighted by Gasteiger charge is 2.46. The monoisotopic (exact) mass is 329 g/mol. The number of rotatable bonds is 3. The Bertz CT molecular complexity index is 615. The molecule has 128 valence electrons. The summed E-state index contributed by atoms with van der Waals surface area (Å²) in [4.78, 5) is 33.3. The first-order valence-electron chi connectivity index (χ1n) is 8.80. The van der Waals surface area contributed by atoms with Crippen LogP contribution in [0.3, 0.4) is 0 Å². The molecule has 3 aliphatic rings. The van der Waals surface area contributed by atoms with Crippen molar-refractivity contribution in [3.8, 4) is 0 Å². The van der Waals surface area contributed by atoms with Crippen molar-refractivity contribution in [3.05, 3.63) is 30.1 Å². The number of carbonyl (C=O) groups excluding carboxylic acids is 2. The van der Waals surface area contributed by atoms with Crippen LogP contribution in [0.5, 0.6) is 0 Å². The molecule has 3 aliphatic heterocycles. The molecule has 3 atom stereocenters. The molecule has 1 aromatic rings. The number of likely N-dealkylation sites (tertiary alicyclic amines) is 2. The van der Waals surface area contributed by atoms with Crippen molar-refractivity contribution in [2.24, 2.45) is 5.92 Å². The number of hydrogen-bond acceptors (Lipinski definition) is 4. The Morgan fingerprint density at radius 1 is 1.21 bits per heavy atom. The smallest absolute Gasteiger partial charge is 0.228 e. The van der Waals surface area contributed by atoms with Crippen LogP contribution < -0.4 is 0 Å². The van der Waals surface area contributed by atoms with Crippen molar-refractivity contribution in [1.29, 1.82) is 0 Å². The summed E-state index contributed by atoms with van der Waals surface area (Å²) in [6.07, 6.45) is 6.53. The minimum absolute atomic E-state index is 0.00928. The molecule has 3 saturated heterocycles. The molecule has 4 rings (SSSR count). The van der Waals surface area contributed by atoms with Crippen LogP contribution in [0, 0.1) is 5.92 Å². The summed E-state index contributed by atoms with van der Waals surface area (Å²) in [5.74, 6) is 0.430. The molecular weight excluding hydrogens is 306 g/mol. The molecule has 3 fully saturated rings. The van der Waals surface area contributed by atoms with Gasteiger partial charge in [-0.05, 0) is 37.0 Å². The molecular formula is C18H23N3O3. The number of nitrogens with zero attached hydrogens (tertiary/aromatic N) is 3. The van der Waals surface area contributed by atoms with Gasteiger partial charge in [-0.1, -0.05) is 0 Å². The number of piperidine rings is 1. The number of carbonyl (C=O) groups is 2. The summed E-state index contributed by atoms with van der Waals surface area (Å²) in [6.45, 7) is 2.60. The Morgan fingerprint density at radius 3 is 2.79 bits per heavy atom. The van der Waals surface area contributed by atoms with Crippen molar-refractivity contribution < 1.29 is 14.3 Å². The predicted molar refractivity (Wildman–Crippen MR) is 86.9 cm³/mol. The Labute approximate surface area is 141 Å². The number of pyridine rings is 1. The zero-order valence-corrected chi connectivity index (χ0v) is 13.8. The summed E-state index contributed by atoms with van der Waals surface area (Å²) in [7, 11) is 0. The van der Waals surface area contributed by atoms with Crippen LogP contribution in [0.25, 0.3) is 0 Å². The Balaban J connectivity index is 1.49. The van der Waals surface area contributed by atoms with Gasteiger partial charge < -0.3 is 14.5 Å². The Hall–Kier alpha value is -1.95. The van der Waals surface area contributed by atoms with Crippen LogP contribution in [0.1, 0.15) is 31.2 Å². The molecule has 2 amide bonds. The van der Waals surface area contributed by atoms with E-state index in [4.69, 9.17) is 4.74 Å². The molecule has 4 heterocycles. The molecule has 0 spiro atoms. The molecule has 0 aromatic carbocycles. The van der Waals surface area contributed by atoms with Gasteiger partial charge in [0.2, 0.25) is 11.8 Å². The van der Waals surface area contributed by atoms with Gasteiger partial charge in [0.1, 0.15) is 0 Å². The number of fused-ring (bicyclic) bond motifs is 1. The zero-order chi connectivity index (χ0) is 16.5. The van der Waals surface area contributed by atoms with Crippen LogP contribution >= 0.6 is 0 Å². The maximum Gasteiger partial charge on any atom is 0.228 e. The largest absolute Gasteiger partial charge is 0.381 e. The van der Waals surface area contributed by atoms with Crippen LogP contribution in [0.2, 0.25) is 0 Å². The number of amides is 2. The van der Waals surface area contributed by atoms with Gasteiger partial charge in [0, 0.05) is 38.5 Å². The summed E-state index contributed by atoms with van der Waals surface area (Å²) in [6, 6.07) is 4.21. The van der Waals surface area contributed by atoms with Crippen molar-refractivity contribution >= 4 is 11.8 Å². The second-order valence-electron chi connectivity index (χ2n) is 6.93. The highest BCUT2D eigenvalue weighted by molar-refractivity contribution is 5.82. The van der Waals surface area contributed by atoms with E-state index in [1.165, 1.54) is 0 Å². The molecule has 0 radical (unpaired) electrons. The van der Waals surface area contributed by atoms with Crippen LogP contribution in [0.4, 0.5) is 0 Å². The predicted octanol–water partition coefficient (Wildman–Crippen LogP) is 1.21. The third kappa shape index (κ3) is 2.79. The van der Waals surface area contributed by atoms with Gasteiger partial charge in [0.05, 0.1) is 24.6 Å². The van der Waals surface area contributed by atoms with E-state index in [0.717, 1.165) is 31.4 Å². The van der Waals surface area contributed by atoms with E-state index in [9.17, 15) is 9.59 Å². The molecule has 24 heavy (non-hydrogen) atoms. The van der Waals surface area contributed by atoms with E-state index in [2.05, 4.69) is 4.98 Å². The first kappa shape index (κ1) is 15.6. The van der Waals surface area contributed by atoms with Crippen LogP contribution in [-0.4, -0.2) is 58.4 Å². The molecule has 1 aromatic heterocycles. The maximum absolute atomic E-state index is 12.8. The second kappa shape index (κ2) is 6.51. The summed E-state index contributed by atoms with van der Waals surface area (Å²) < 4.78 is 5.37. The lowest BCUT2D eigenvalue weighted by Gasteiger charge is -2.40. The van der Waals surface area contributed by atoms with E-state index >= 15 is 0 Å². The average Bonchev–Trinajstić information content (AvgIpc) is 3.27. The molecule has 6 heteroatoms. The summed E-state index contributed by atoms with van der Waals surface area (Å²) in [5.41, 5.74) is 1.09. The summed E-state index contributed by atoms with van der Waals surface area (Å²) >= 11 is 0. The topological polar surface area (TPSA) is 62.7 Å². The highest BCUT2D eigenvalue weighted by Crippen LogP contribution is 2.34. The second-order valence-corrected chi connectivity index (χ2v) is 6.93. The van der Waals surface area contributed by atoms with E-state index in [0.29, 0.717) is 26.2 Å². The lowest BCUT2D eigenvalue weighted by molar-refractivity contribution is -0.144.